The van der Waals surface area contributed by atoms with Crippen LogP contribution in [0, 0.1) is 0 Å². The Morgan fingerprint density at radius 3 is 2.36 bits per heavy atom. The summed E-state index contributed by atoms with van der Waals surface area (Å²) in [7, 11) is -0.936. The molecule has 33 heavy (non-hydrogen) atoms. The highest BCUT2D eigenvalue weighted by atomic mass is 32.2. The molecule has 176 valence electrons. The first-order chi connectivity index (χ1) is 15.9. The number of hydrogen-bond acceptors (Lipinski definition) is 5. The van der Waals surface area contributed by atoms with Gasteiger partial charge in [-0.15, -0.1) is 0 Å². The number of ketones is 1. The average Bonchev–Trinajstić information content (AvgIpc) is 3.10. The third kappa shape index (κ3) is 3.70. The summed E-state index contributed by atoms with van der Waals surface area (Å²) in [5, 5.41) is 0. The zero-order valence-electron chi connectivity index (χ0n) is 19.3. The molecule has 0 amide bonds. The molecule has 6 nitrogen and oxygen atoms in total. The number of ether oxygens (including phenoxy) is 2. The fourth-order valence-electron chi connectivity index (χ4n) is 5.92. The van der Waals surface area contributed by atoms with Gasteiger partial charge in [-0.05, 0) is 72.6 Å². The molecule has 0 unspecified atom stereocenters. The molecular formula is C26H31NO5S. The molecule has 0 heterocycles. The van der Waals surface area contributed by atoms with Gasteiger partial charge in [0.05, 0.1) is 19.6 Å². The summed E-state index contributed by atoms with van der Waals surface area (Å²) >= 11 is 0. The molecule has 3 aliphatic rings. The molecule has 0 atom stereocenters. The van der Waals surface area contributed by atoms with Gasteiger partial charge in [-0.2, -0.15) is 0 Å². The largest absolute Gasteiger partial charge is 0.497 e. The summed E-state index contributed by atoms with van der Waals surface area (Å²) in [6.45, 7) is 0. The summed E-state index contributed by atoms with van der Waals surface area (Å²) < 4.78 is 40.1. The maximum atomic E-state index is 13.4. The molecule has 1 N–H and O–H groups in total. The SMILES string of the molecule is COc1ccc(S(=O)(=O)Nc2cc(C3CCCCC3)c3c(c2)C2(CCC2)C(=O)C3)c(OC)c1. The highest BCUT2D eigenvalue weighted by Gasteiger charge is 2.51. The quantitative estimate of drug-likeness (QED) is 0.637. The number of nitrogens with one attached hydrogen (secondary N) is 1. The number of methoxy groups -OCH3 is 2. The number of anilines is 1. The van der Waals surface area contributed by atoms with Crippen molar-refractivity contribution in [3.8, 4) is 11.5 Å². The summed E-state index contributed by atoms with van der Waals surface area (Å²) in [4.78, 5) is 13.1. The van der Waals surface area contributed by atoms with E-state index in [1.807, 2.05) is 12.1 Å². The minimum Gasteiger partial charge on any atom is -0.497 e. The minimum atomic E-state index is -3.90. The van der Waals surface area contributed by atoms with Crippen molar-refractivity contribution < 1.29 is 22.7 Å². The van der Waals surface area contributed by atoms with E-state index in [4.69, 9.17) is 9.47 Å². The molecule has 0 aliphatic heterocycles. The van der Waals surface area contributed by atoms with Crippen LogP contribution in [0.2, 0.25) is 0 Å². The molecule has 0 aromatic heterocycles. The van der Waals surface area contributed by atoms with Crippen molar-refractivity contribution in [1.29, 1.82) is 0 Å². The Labute approximate surface area is 195 Å². The van der Waals surface area contributed by atoms with Crippen LogP contribution in [0.3, 0.4) is 0 Å². The lowest BCUT2D eigenvalue weighted by molar-refractivity contribution is -0.125. The van der Waals surface area contributed by atoms with Crippen molar-refractivity contribution >= 4 is 21.5 Å². The Morgan fingerprint density at radius 1 is 0.970 bits per heavy atom. The molecule has 0 saturated heterocycles. The molecule has 2 aromatic rings. The first-order valence-electron chi connectivity index (χ1n) is 11.8. The third-order valence-corrected chi connectivity index (χ3v) is 9.26. The van der Waals surface area contributed by atoms with E-state index in [0.717, 1.165) is 43.2 Å². The van der Waals surface area contributed by atoms with E-state index in [-0.39, 0.29) is 10.6 Å². The topological polar surface area (TPSA) is 81.7 Å². The van der Waals surface area contributed by atoms with Crippen molar-refractivity contribution in [2.24, 2.45) is 0 Å². The predicted octanol–water partition coefficient (Wildman–Crippen LogP) is 5.10. The zero-order chi connectivity index (χ0) is 23.2. The van der Waals surface area contributed by atoms with E-state index in [1.54, 1.807) is 12.1 Å². The maximum Gasteiger partial charge on any atom is 0.265 e. The van der Waals surface area contributed by atoms with Crippen molar-refractivity contribution in [2.45, 2.75) is 74.0 Å². The van der Waals surface area contributed by atoms with Crippen LogP contribution in [-0.2, 0) is 26.7 Å². The Hall–Kier alpha value is -2.54. The molecule has 1 spiro atoms. The van der Waals surface area contributed by atoms with Gasteiger partial charge in [-0.1, -0.05) is 25.7 Å². The molecule has 0 radical (unpaired) electrons. The normalized spacial score (nSPS) is 19.8. The molecule has 5 rings (SSSR count). The van der Waals surface area contributed by atoms with Crippen LogP contribution in [0.5, 0.6) is 11.5 Å². The van der Waals surface area contributed by atoms with E-state index < -0.39 is 15.4 Å². The fourth-order valence-corrected chi connectivity index (χ4v) is 7.11. The molecule has 3 aliphatic carbocycles. The Kier molecular flexibility index (Phi) is 5.63. The van der Waals surface area contributed by atoms with E-state index in [2.05, 4.69) is 4.72 Å². The Morgan fingerprint density at radius 2 is 1.73 bits per heavy atom. The number of sulfonamides is 1. The van der Waals surface area contributed by atoms with Crippen molar-refractivity contribution in [1.82, 2.24) is 0 Å². The molecule has 2 fully saturated rings. The number of Topliss-reactive ketones (excluding diaryl/α,β-unsaturated/α-hetero) is 1. The molecule has 0 bridgehead atoms. The van der Waals surface area contributed by atoms with Crippen molar-refractivity contribution in [3.05, 3.63) is 47.0 Å². The van der Waals surface area contributed by atoms with Crippen LogP contribution in [-0.4, -0.2) is 28.4 Å². The first-order valence-corrected chi connectivity index (χ1v) is 13.3. The summed E-state index contributed by atoms with van der Waals surface area (Å²) in [6, 6.07) is 8.56. The van der Waals surface area contributed by atoms with E-state index in [1.165, 1.54) is 45.1 Å². The number of carbonyl (C=O) groups excluding carboxylic acids is 1. The maximum absolute atomic E-state index is 13.4. The zero-order valence-corrected chi connectivity index (χ0v) is 20.1. The number of rotatable bonds is 6. The molecule has 2 aromatic carbocycles. The number of benzene rings is 2. The lowest BCUT2D eigenvalue weighted by Gasteiger charge is -2.38. The number of carbonyl (C=O) groups is 1. The van der Waals surface area contributed by atoms with Gasteiger partial charge in [0.25, 0.3) is 10.0 Å². The molecular weight excluding hydrogens is 438 g/mol. The second kappa shape index (κ2) is 8.35. The summed E-state index contributed by atoms with van der Waals surface area (Å²) in [6.07, 6.45) is 9.05. The second-order valence-electron chi connectivity index (χ2n) is 9.58. The summed E-state index contributed by atoms with van der Waals surface area (Å²) in [5.74, 6) is 1.43. The molecule has 2 saturated carbocycles. The highest BCUT2D eigenvalue weighted by Crippen LogP contribution is 2.53. The second-order valence-corrected chi connectivity index (χ2v) is 11.2. The predicted molar refractivity (Wildman–Crippen MR) is 127 cm³/mol. The van der Waals surface area contributed by atoms with E-state index in [0.29, 0.717) is 29.6 Å². The third-order valence-electron chi connectivity index (χ3n) is 7.84. The van der Waals surface area contributed by atoms with Gasteiger partial charge in [0.15, 0.2) is 0 Å². The number of hydrogen-bond donors (Lipinski definition) is 1. The van der Waals surface area contributed by atoms with Crippen molar-refractivity contribution in [3.63, 3.8) is 0 Å². The van der Waals surface area contributed by atoms with Gasteiger partial charge in [0.2, 0.25) is 0 Å². The lowest BCUT2D eigenvalue weighted by atomic mass is 9.64. The Balaban J connectivity index is 1.57. The van der Waals surface area contributed by atoms with Gasteiger partial charge < -0.3 is 9.47 Å². The smallest absolute Gasteiger partial charge is 0.265 e. The van der Waals surface area contributed by atoms with Crippen LogP contribution in [0.4, 0.5) is 5.69 Å². The van der Waals surface area contributed by atoms with E-state index in [9.17, 15) is 13.2 Å². The number of fused-ring (bicyclic) bond motifs is 2. The van der Waals surface area contributed by atoms with Crippen LogP contribution in [0.25, 0.3) is 0 Å². The monoisotopic (exact) mass is 469 g/mol. The standard InChI is InChI=1S/C26H31NO5S/c1-31-19-9-10-24(23(15-19)32-2)33(29,30)27-18-13-20(17-7-4-3-5-8-17)21-16-25(28)26(11-6-12-26)22(21)14-18/h9-10,13-15,17,27H,3-8,11-12,16H2,1-2H3. The fraction of sp³-hybridized carbons (Fsp3) is 0.500. The average molecular weight is 470 g/mol. The van der Waals surface area contributed by atoms with Gasteiger partial charge >= 0.3 is 0 Å². The van der Waals surface area contributed by atoms with Crippen LogP contribution in [0.15, 0.2) is 35.2 Å². The van der Waals surface area contributed by atoms with Gasteiger partial charge in [-0.3, -0.25) is 9.52 Å². The lowest BCUT2D eigenvalue weighted by Crippen LogP contribution is -2.39. The van der Waals surface area contributed by atoms with Gasteiger partial charge in [-0.25, -0.2) is 8.42 Å². The van der Waals surface area contributed by atoms with E-state index >= 15 is 0 Å². The summed E-state index contributed by atoms with van der Waals surface area (Å²) in [5.41, 5.74) is 3.52. The van der Waals surface area contributed by atoms with Crippen LogP contribution < -0.4 is 14.2 Å². The van der Waals surface area contributed by atoms with Gasteiger partial charge in [0, 0.05) is 18.2 Å². The highest BCUT2D eigenvalue weighted by molar-refractivity contribution is 7.92. The van der Waals surface area contributed by atoms with Crippen LogP contribution in [0.1, 0.15) is 74.0 Å². The van der Waals surface area contributed by atoms with Crippen molar-refractivity contribution in [2.75, 3.05) is 18.9 Å². The Bertz CT molecular complexity index is 1190. The van der Waals surface area contributed by atoms with Crippen LogP contribution >= 0.6 is 0 Å². The molecule has 7 heteroatoms. The minimum absolute atomic E-state index is 0.0555. The van der Waals surface area contributed by atoms with Gasteiger partial charge in [0.1, 0.15) is 22.2 Å². The first kappa shape index (κ1) is 22.3.